The minimum atomic E-state index is -0.611. The normalized spacial score (nSPS) is 7.81. The van der Waals surface area contributed by atoms with E-state index in [-0.39, 0.29) is 0 Å². The third kappa shape index (κ3) is 453. The van der Waals surface area contributed by atoms with E-state index in [1.165, 1.54) is 4.90 Å². The first-order valence-corrected chi connectivity index (χ1v) is 10.1. The van der Waals surface area contributed by atoms with Gasteiger partial charge in [0.1, 0.15) is 0 Å². The lowest BCUT2D eigenvalue weighted by Crippen LogP contribution is -2.06. The first kappa shape index (κ1) is 32.6. The Kier molecular flexibility index (Phi) is 56.9. The van der Waals surface area contributed by atoms with Gasteiger partial charge in [0.2, 0.25) is 6.41 Å². The van der Waals surface area contributed by atoms with Crippen LogP contribution in [0.15, 0.2) is 0 Å². The van der Waals surface area contributed by atoms with Crippen molar-refractivity contribution in [1.82, 2.24) is 4.90 Å². The molecule has 0 unspecified atom stereocenters. The molecule has 0 rings (SSSR count). The molecule has 134 valence electrons. The standard InChI is InChI=1S/C4H10O.C3H7NO.2C2H6OS.C2H6O/c1-3-5-4-2;1-4(2)3-5;2*1-4(2)3;1-3-2/h3-4H2,1-2H3;3H,1-2H3;2*1-2H3;1-2H3. The van der Waals surface area contributed by atoms with E-state index in [2.05, 4.69) is 4.74 Å². The summed E-state index contributed by atoms with van der Waals surface area (Å²) >= 11 is 0. The molecule has 0 aromatic carbocycles. The monoisotopic (exact) mass is 349 g/mol. The molecule has 0 aromatic heterocycles. The quantitative estimate of drug-likeness (QED) is 0.711. The summed E-state index contributed by atoms with van der Waals surface area (Å²) in [5.41, 5.74) is 0. The van der Waals surface area contributed by atoms with Crippen LogP contribution in [0.4, 0.5) is 0 Å². The molecule has 0 saturated heterocycles. The molecule has 8 heteroatoms. The molecular weight excluding hydrogens is 314 g/mol. The summed E-state index contributed by atoms with van der Waals surface area (Å²) in [4.78, 5) is 10.9. The Labute approximate surface area is 136 Å². The lowest BCUT2D eigenvalue weighted by molar-refractivity contribution is -0.115. The number of hydrogen-bond acceptors (Lipinski definition) is 5. The van der Waals surface area contributed by atoms with Crippen LogP contribution in [-0.4, -0.2) is 86.3 Å². The Morgan fingerprint density at radius 3 is 1.05 bits per heavy atom. The van der Waals surface area contributed by atoms with Crippen LogP contribution in [0.25, 0.3) is 0 Å². The number of nitrogens with zero attached hydrogens (tertiary/aromatic N) is 1. The van der Waals surface area contributed by atoms with Crippen molar-refractivity contribution in [3.8, 4) is 0 Å². The van der Waals surface area contributed by atoms with Crippen LogP contribution in [0.2, 0.25) is 0 Å². The van der Waals surface area contributed by atoms with E-state index in [0.717, 1.165) is 19.6 Å². The van der Waals surface area contributed by atoms with E-state index in [1.54, 1.807) is 53.3 Å². The topological polar surface area (TPSA) is 72.9 Å². The van der Waals surface area contributed by atoms with Gasteiger partial charge in [0.25, 0.3) is 0 Å². The van der Waals surface area contributed by atoms with Crippen molar-refractivity contribution in [3.05, 3.63) is 0 Å². The van der Waals surface area contributed by atoms with Crippen molar-refractivity contribution in [2.45, 2.75) is 13.8 Å². The van der Waals surface area contributed by atoms with Crippen molar-refractivity contribution in [3.63, 3.8) is 0 Å². The zero-order chi connectivity index (χ0) is 18.3. The molecule has 0 aliphatic heterocycles. The fourth-order valence-electron chi connectivity index (χ4n) is 0.204. The van der Waals surface area contributed by atoms with Crippen molar-refractivity contribution in [2.24, 2.45) is 0 Å². The molecule has 0 aliphatic carbocycles. The highest BCUT2D eigenvalue weighted by Crippen LogP contribution is 1.64. The number of hydrogen-bond donors (Lipinski definition) is 0. The predicted octanol–water partition coefficient (Wildman–Crippen LogP) is 0.999. The van der Waals surface area contributed by atoms with E-state index in [1.807, 2.05) is 13.8 Å². The molecule has 0 fully saturated rings. The highest BCUT2D eigenvalue weighted by atomic mass is 32.2. The SMILES string of the molecule is CCOCC.CN(C)C=O.COC.CS(C)=O.CS(C)=O. The Morgan fingerprint density at radius 2 is 1.05 bits per heavy atom. The first-order valence-electron chi connectivity index (χ1n) is 6.16. The number of methoxy groups -OCH3 is 1. The molecule has 0 radical (unpaired) electrons. The van der Waals surface area contributed by atoms with Gasteiger partial charge in [-0.05, 0) is 13.8 Å². The van der Waals surface area contributed by atoms with Gasteiger partial charge >= 0.3 is 0 Å². The summed E-state index contributed by atoms with van der Waals surface area (Å²) in [6, 6.07) is 0. The molecule has 0 atom stereocenters. The van der Waals surface area contributed by atoms with Crippen LogP contribution >= 0.6 is 0 Å². The lowest BCUT2D eigenvalue weighted by atomic mass is 10.8. The van der Waals surface area contributed by atoms with Gasteiger partial charge < -0.3 is 14.4 Å². The summed E-state index contributed by atoms with van der Waals surface area (Å²) in [5, 5.41) is 0. The van der Waals surface area contributed by atoms with Gasteiger partial charge in [0.05, 0.1) is 0 Å². The predicted molar refractivity (Wildman–Crippen MR) is 94.8 cm³/mol. The highest BCUT2D eigenvalue weighted by Gasteiger charge is 1.68. The average molecular weight is 350 g/mol. The summed E-state index contributed by atoms with van der Waals surface area (Å²) in [5.74, 6) is 0. The third-order valence-corrected chi connectivity index (χ3v) is 0.619. The minimum absolute atomic E-state index is 0.611. The highest BCUT2D eigenvalue weighted by molar-refractivity contribution is 7.83. The first-order chi connectivity index (χ1) is 9.56. The second-order valence-corrected chi connectivity index (χ2v) is 6.71. The van der Waals surface area contributed by atoms with Gasteiger partial charge in [-0.15, -0.1) is 0 Å². The summed E-state index contributed by atoms with van der Waals surface area (Å²) in [7, 11) is 5.40. The molecule has 0 aromatic rings. The van der Waals surface area contributed by atoms with Crippen molar-refractivity contribution < 1.29 is 22.7 Å². The van der Waals surface area contributed by atoms with Crippen LogP contribution in [0, 0.1) is 0 Å². The summed E-state index contributed by atoms with van der Waals surface area (Å²) in [6.07, 6.45) is 7.31. The van der Waals surface area contributed by atoms with Crippen LogP contribution in [0.5, 0.6) is 0 Å². The fraction of sp³-hybridized carbons (Fsp3) is 0.923. The Morgan fingerprint density at radius 1 is 0.905 bits per heavy atom. The van der Waals surface area contributed by atoms with Crippen LogP contribution in [-0.2, 0) is 35.9 Å². The van der Waals surface area contributed by atoms with Crippen LogP contribution < -0.4 is 0 Å². The van der Waals surface area contributed by atoms with Crippen molar-refractivity contribution in [2.75, 3.05) is 66.6 Å². The molecule has 1 amide bonds. The zero-order valence-corrected chi connectivity index (χ0v) is 16.9. The van der Waals surface area contributed by atoms with Gasteiger partial charge in [-0.3, -0.25) is 13.2 Å². The molecule has 6 nitrogen and oxygen atoms in total. The zero-order valence-electron chi connectivity index (χ0n) is 15.3. The number of carbonyl (C=O) groups excluding carboxylic acids is 1. The Hall–Kier alpha value is -0.310. The number of ether oxygens (including phenoxy) is 2. The molecule has 0 saturated carbocycles. The maximum absolute atomic E-state index is 9.56. The van der Waals surface area contributed by atoms with Gasteiger partial charge in [-0.25, -0.2) is 0 Å². The van der Waals surface area contributed by atoms with Gasteiger partial charge in [0.15, 0.2) is 0 Å². The lowest BCUT2D eigenvalue weighted by Gasteiger charge is -1.93. The molecule has 0 bridgehead atoms. The second-order valence-electron chi connectivity index (χ2n) is 3.74. The fourth-order valence-corrected chi connectivity index (χ4v) is 0.204. The third-order valence-electron chi connectivity index (χ3n) is 0.619. The van der Waals surface area contributed by atoms with E-state index in [4.69, 9.17) is 4.74 Å². The van der Waals surface area contributed by atoms with Gasteiger partial charge in [-0.2, -0.15) is 0 Å². The second kappa shape index (κ2) is 36.7. The maximum Gasteiger partial charge on any atom is 0.209 e. The van der Waals surface area contributed by atoms with E-state index in [9.17, 15) is 13.2 Å². The molecular formula is C13H35NO5S2. The molecule has 0 aliphatic rings. The number of amides is 1. The van der Waals surface area contributed by atoms with Gasteiger partial charge in [-0.1, -0.05) is 0 Å². The van der Waals surface area contributed by atoms with Crippen LogP contribution in [0.3, 0.4) is 0 Å². The summed E-state index contributed by atoms with van der Waals surface area (Å²) < 4.78 is 28.2. The van der Waals surface area contributed by atoms with E-state index < -0.39 is 21.6 Å². The minimum Gasteiger partial charge on any atom is -0.388 e. The molecule has 0 heterocycles. The Bertz CT molecular complexity index is 193. The molecule has 0 N–H and O–H groups in total. The van der Waals surface area contributed by atoms with Gasteiger partial charge in [0, 0.05) is 88.2 Å². The van der Waals surface area contributed by atoms with Crippen molar-refractivity contribution in [1.29, 1.82) is 0 Å². The number of carbonyl (C=O) groups is 1. The van der Waals surface area contributed by atoms with E-state index in [0.29, 0.717) is 0 Å². The van der Waals surface area contributed by atoms with Crippen molar-refractivity contribution >= 4 is 28.0 Å². The van der Waals surface area contributed by atoms with Crippen LogP contribution in [0.1, 0.15) is 13.8 Å². The summed E-state index contributed by atoms with van der Waals surface area (Å²) in [6.45, 7) is 5.67. The maximum atomic E-state index is 9.56. The smallest absolute Gasteiger partial charge is 0.209 e. The number of rotatable bonds is 3. The average Bonchev–Trinajstić information content (AvgIpc) is 2.30. The molecule has 0 spiro atoms. The largest absolute Gasteiger partial charge is 0.388 e. The van der Waals surface area contributed by atoms with E-state index >= 15 is 0 Å². The Balaban J connectivity index is -0.0000000514. The molecule has 21 heavy (non-hydrogen) atoms.